The average Bonchev–Trinajstić information content (AvgIpc) is 3.06. The summed E-state index contributed by atoms with van der Waals surface area (Å²) in [6.07, 6.45) is 2.75. The fourth-order valence-electron chi connectivity index (χ4n) is 3.44. The minimum atomic E-state index is -0.0234. The molecule has 2 aliphatic rings. The normalized spacial score (nSPS) is 20.2. The lowest BCUT2D eigenvalue weighted by Gasteiger charge is -2.27. The summed E-state index contributed by atoms with van der Waals surface area (Å²) in [5.74, 6) is 0.217. The van der Waals surface area contributed by atoms with Crippen molar-refractivity contribution < 1.29 is 14.6 Å². The third-order valence-electron chi connectivity index (χ3n) is 5.10. The number of phenols is 1. The Morgan fingerprint density at radius 1 is 1.13 bits per heavy atom. The Morgan fingerprint density at radius 2 is 1.90 bits per heavy atom. The van der Waals surface area contributed by atoms with E-state index in [-0.39, 0.29) is 11.7 Å². The number of halogens is 1. The van der Waals surface area contributed by atoms with E-state index in [1.165, 1.54) is 11.8 Å². The van der Waals surface area contributed by atoms with Crippen LogP contribution in [0.25, 0.3) is 6.08 Å². The standard InChI is InChI=1S/C23H24IN3O3S/c24-19-15-17(7-8-20(19)28)16-21-22(29)27(10-4-9-26-11-13-30-14-12-26)23(31-21)25-18-5-2-1-3-6-18/h1-3,5-8,15-16,28H,4,9-14H2/b21-16-,25-23?. The number of ether oxygens (including phenoxy) is 1. The number of carbonyl (C=O) groups excluding carboxylic acids is 1. The molecule has 2 aliphatic heterocycles. The molecule has 0 aromatic heterocycles. The molecular formula is C23H24IN3O3S. The molecule has 0 saturated carbocycles. The number of carbonyl (C=O) groups is 1. The summed E-state index contributed by atoms with van der Waals surface area (Å²) in [7, 11) is 0. The summed E-state index contributed by atoms with van der Waals surface area (Å²) in [6.45, 7) is 5.00. The van der Waals surface area contributed by atoms with E-state index < -0.39 is 0 Å². The first-order chi connectivity index (χ1) is 15.1. The molecule has 31 heavy (non-hydrogen) atoms. The number of benzene rings is 2. The SMILES string of the molecule is O=C1/C(=C/c2ccc(O)c(I)c2)SC(=Nc2ccccc2)N1CCCN1CCOCC1. The van der Waals surface area contributed by atoms with Crippen LogP contribution in [0.3, 0.4) is 0 Å². The molecule has 6 nitrogen and oxygen atoms in total. The number of hydrogen-bond acceptors (Lipinski definition) is 6. The van der Waals surface area contributed by atoms with Crippen molar-refractivity contribution >= 4 is 57.2 Å². The van der Waals surface area contributed by atoms with E-state index >= 15 is 0 Å². The van der Waals surface area contributed by atoms with E-state index in [0.717, 1.165) is 54.1 Å². The lowest BCUT2D eigenvalue weighted by Crippen LogP contribution is -2.38. The van der Waals surface area contributed by atoms with E-state index in [9.17, 15) is 9.90 Å². The fourth-order valence-corrected chi connectivity index (χ4v) is 5.01. The molecule has 2 saturated heterocycles. The van der Waals surface area contributed by atoms with Gasteiger partial charge in [0, 0.05) is 26.2 Å². The first-order valence-electron chi connectivity index (χ1n) is 10.2. The monoisotopic (exact) mass is 549 g/mol. The fraction of sp³-hybridized carbons (Fsp3) is 0.304. The molecule has 0 unspecified atom stereocenters. The van der Waals surface area contributed by atoms with Crippen molar-refractivity contribution in [1.82, 2.24) is 9.80 Å². The Bertz CT molecular complexity index is 991. The third-order valence-corrected chi connectivity index (χ3v) is 6.97. The summed E-state index contributed by atoms with van der Waals surface area (Å²) in [6, 6.07) is 15.0. The van der Waals surface area contributed by atoms with Gasteiger partial charge < -0.3 is 9.84 Å². The zero-order valence-corrected chi connectivity index (χ0v) is 20.0. The number of nitrogens with zero attached hydrogens (tertiary/aromatic N) is 3. The molecule has 2 fully saturated rings. The second-order valence-corrected chi connectivity index (χ2v) is 9.49. The molecule has 0 spiro atoms. The highest BCUT2D eigenvalue weighted by molar-refractivity contribution is 14.1. The first-order valence-corrected chi connectivity index (χ1v) is 12.1. The highest BCUT2D eigenvalue weighted by Gasteiger charge is 2.33. The second-order valence-electron chi connectivity index (χ2n) is 7.32. The number of amides is 1. The number of para-hydroxylation sites is 1. The molecule has 0 bridgehead atoms. The van der Waals surface area contributed by atoms with Crippen molar-refractivity contribution in [2.45, 2.75) is 6.42 Å². The quantitative estimate of drug-likeness (QED) is 0.430. The molecular weight excluding hydrogens is 525 g/mol. The molecule has 1 N–H and O–H groups in total. The Kier molecular flexibility index (Phi) is 7.65. The van der Waals surface area contributed by atoms with Crippen molar-refractivity contribution in [3.05, 3.63) is 62.6 Å². The van der Waals surface area contributed by atoms with E-state index in [1.807, 2.05) is 48.5 Å². The third kappa shape index (κ3) is 5.88. The Hall–Kier alpha value is -1.88. The van der Waals surface area contributed by atoms with Crippen molar-refractivity contribution in [3.63, 3.8) is 0 Å². The zero-order chi connectivity index (χ0) is 21.6. The van der Waals surface area contributed by atoms with Crippen LogP contribution in [0, 0.1) is 3.57 Å². The van der Waals surface area contributed by atoms with Gasteiger partial charge in [-0.25, -0.2) is 4.99 Å². The molecule has 162 valence electrons. The molecule has 4 rings (SSSR count). The summed E-state index contributed by atoms with van der Waals surface area (Å²) in [5, 5.41) is 10.5. The maximum Gasteiger partial charge on any atom is 0.266 e. The van der Waals surface area contributed by atoms with Crippen LogP contribution in [0.2, 0.25) is 0 Å². The van der Waals surface area contributed by atoms with Gasteiger partial charge in [0.25, 0.3) is 5.91 Å². The maximum absolute atomic E-state index is 13.2. The summed E-state index contributed by atoms with van der Waals surface area (Å²) >= 11 is 3.49. The lowest BCUT2D eigenvalue weighted by atomic mass is 10.2. The zero-order valence-electron chi connectivity index (χ0n) is 17.0. The minimum absolute atomic E-state index is 0.0234. The Morgan fingerprint density at radius 3 is 2.65 bits per heavy atom. The molecule has 2 heterocycles. The number of phenolic OH excluding ortho intramolecular Hbond substituents is 1. The van der Waals surface area contributed by atoms with Gasteiger partial charge in [0.05, 0.1) is 27.4 Å². The molecule has 0 radical (unpaired) electrons. The highest BCUT2D eigenvalue weighted by Crippen LogP contribution is 2.35. The molecule has 2 aromatic carbocycles. The highest BCUT2D eigenvalue weighted by atomic mass is 127. The lowest BCUT2D eigenvalue weighted by molar-refractivity contribution is -0.122. The first kappa shape index (κ1) is 22.3. The van der Waals surface area contributed by atoms with Crippen LogP contribution < -0.4 is 0 Å². The molecule has 0 aliphatic carbocycles. The van der Waals surface area contributed by atoms with Crippen LogP contribution in [0.4, 0.5) is 5.69 Å². The molecule has 2 aromatic rings. The van der Waals surface area contributed by atoms with E-state index in [4.69, 9.17) is 9.73 Å². The number of aromatic hydroxyl groups is 1. The van der Waals surface area contributed by atoms with E-state index in [2.05, 4.69) is 27.5 Å². The van der Waals surface area contributed by atoms with Crippen molar-refractivity contribution in [1.29, 1.82) is 0 Å². The largest absolute Gasteiger partial charge is 0.507 e. The number of rotatable bonds is 6. The van der Waals surface area contributed by atoms with E-state index in [1.54, 1.807) is 11.0 Å². The molecule has 1 amide bonds. The average molecular weight is 549 g/mol. The maximum atomic E-state index is 13.2. The van der Waals surface area contributed by atoms with Crippen LogP contribution in [0.1, 0.15) is 12.0 Å². The van der Waals surface area contributed by atoms with Crippen molar-refractivity contribution in [2.75, 3.05) is 39.4 Å². The Balaban J connectivity index is 1.53. The summed E-state index contributed by atoms with van der Waals surface area (Å²) in [4.78, 5) is 22.8. The van der Waals surface area contributed by atoms with Crippen LogP contribution in [0.15, 0.2) is 58.4 Å². The van der Waals surface area contributed by atoms with Gasteiger partial charge in [-0.05, 0) is 76.7 Å². The second kappa shape index (κ2) is 10.6. The van der Waals surface area contributed by atoms with Gasteiger partial charge in [-0.3, -0.25) is 14.6 Å². The van der Waals surface area contributed by atoms with Gasteiger partial charge in [0.15, 0.2) is 5.17 Å². The topological polar surface area (TPSA) is 65.4 Å². The predicted octanol–water partition coefficient (Wildman–Crippen LogP) is 4.32. The van der Waals surface area contributed by atoms with Gasteiger partial charge in [-0.15, -0.1) is 0 Å². The predicted molar refractivity (Wildman–Crippen MR) is 134 cm³/mol. The van der Waals surface area contributed by atoms with Crippen LogP contribution in [-0.2, 0) is 9.53 Å². The van der Waals surface area contributed by atoms with Gasteiger partial charge in [-0.1, -0.05) is 24.3 Å². The smallest absolute Gasteiger partial charge is 0.266 e. The van der Waals surface area contributed by atoms with Gasteiger partial charge in [0.1, 0.15) is 5.75 Å². The van der Waals surface area contributed by atoms with Crippen molar-refractivity contribution in [3.8, 4) is 5.75 Å². The number of thioether (sulfide) groups is 1. The number of amidine groups is 1. The van der Waals surface area contributed by atoms with Gasteiger partial charge in [-0.2, -0.15) is 0 Å². The number of aliphatic imine (C=N–C) groups is 1. The molecule has 8 heteroatoms. The van der Waals surface area contributed by atoms with Crippen molar-refractivity contribution in [2.24, 2.45) is 4.99 Å². The number of morpholine rings is 1. The van der Waals surface area contributed by atoms with Crippen LogP contribution >= 0.6 is 34.4 Å². The van der Waals surface area contributed by atoms with Gasteiger partial charge in [0.2, 0.25) is 0 Å². The number of hydrogen-bond donors (Lipinski definition) is 1. The summed E-state index contributed by atoms with van der Waals surface area (Å²) < 4.78 is 6.17. The van der Waals surface area contributed by atoms with E-state index in [0.29, 0.717) is 16.6 Å². The summed E-state index contributed by atoms with van der Waals surface area (Å²) in [5.41, 5.74) is 1.71. The molecule has 0 atom stereocenters. The van der Waals surface area contributed by atoms with Crippen LogP contribution in [0.5, 0.6) is 5.75 Å². The van der Waals surface area contributed by atoms with Crippen LogP contribution in [-0.4, -0.2) is 65.4 Å². The Labute approximate surface area is 200 Å². The van der Waals surface area contributed by atoms with Gasteiger partial charge >= 0.3 is 0 Å². The minimum Gasteiger partial charge on any atom is -0.507 e.